The van der Waals surface area contributed by atoms with Crippen molar-refractivity contribution >= 4 is 29.3 Å². The monoisotopic (exact) mass is 383 g/mol. The van der Waals surface area contributed by atoms with Crippen LogP contribution >= 0.6 is 0 Å². The average Bonchev–Trinajstić information content (AvgIpc) is 2.75. The molecule has 3 aromatic rings. The van der Waals surface area contributed by atoms with Crippen LogP contribution in [0.25, 0.3) is 6.08 Å². The number of amides is 2. The van der Waals surface area contributed by atoms with Crippen LogP contribution in [-0.4, -0.2) is 17.5 Å². The van der Waals surface area contributed by atoms with Gasteiger partial charge in [-0.05, 0) is 35.9 Å². The highest BCUT2D eigenvalue weighted by Gasteiger charge is 2.06. The van der Waals surface area contributed by atoms with Gasteiger partial charge in [-0.1, -0.05) is 66.7 Å². The van der Waals surface area contributed by atoms with E-state index < -0.39 is 0 Å². The van der Waals surface area contributed by atoms with Crippen molar-refractivity contribution in [3.05, 3.63) is 108 Å². The number of rotatable bonds is 6. The van der Waals surface area contributed by atoms with Crippen LogP contribution in [0.4, 0.5) is 5.69 Å². The fraction of sp³-hybridized carbons (Fsp3) is 0.0417. The molecule has 0 atom stereocenters. The number of hydrogen-bond donors (Lipinski definition) is 2. The van der Waals surface area contributed by atoms with Crippen LogP contribution in [0.2, 0.25) is 0 Å². The molecule has 0 radical (unpaired) electrons. The Kier molecular flexibility index (Phi) is 6.68. The van der Waals surface area contributed by atoms with Crippen molar-refractivity contribution in [2.24, 2.45) is 5.10 Å². The van der Waals surface area contributed by atoms with Crippen LogP contribution in [0, 0.1) is 0 Å². The molecule has 2 amide bonds. The second kappa shape index (κ2) is 9.80. The molecule has 0 saturated carbocycles. The third-order valence-electron chi connectivity index (χ3n) is 4.05. The molecule has 0 aliphatic rings. The molecule has 0 bridgehead atoms. The molecule has 3 aromatic carbocycles. The predicted octanol–water partition coefficient (Wildman–Crippen LogP) is 4.49. The number of benzene rings is 3. The fourth-order valence-corrected chi connectivity index (χ4v) is 2.63. The van der Waals surface area contributed by atoms with Gasteiger partial charge in [-0.3, -0.25) is 9.59 Å². The quantitative estimate of drug-likeness (QED) is 0.486. The number of hydrogen-bond acceptors (Lipinski definition) is 3. The topological polar surface area (TPSA) is 70.6 Å². The summed E-state index contributed by atoms with van der Waals surface area (Å²) >= 11 is 0. The molecule has 3 rings (SSSR count). The molecule has 0 aliphatic heterocycles. The summed E-state index contributed by atoms with van der Waals surface area (Å²) in [5.41, 5.74) is 6.25. The fourth-order valence-electron chi connectivity index (χ4n) is 2.63. The SMILES string of the molecule is CC(=O)Nc1ccc(C(=O)NN=C(/C=C/c2ccccc2)c2ccccc2)cc1. The third kappa shape index (κ3) is 6.01. The molecule has 0 heterocycles. The highest BCUT2D eigenvalue weighted by atomic mass is 16.2. The Bertz CT molecular complexity index is 1020. The number of carbonyl (C=O) groups excluding carboxylic acids is 2. The zero-order chi connectivity index (χ0) is 20.5. The standard InChI is InChI=1S/C24H21N3O2/c1-18(28)25-22-15-13-21(14-16-22)24(29)27-26-23(20-10-6-3-7-11-20)17-12-19-8-4-2-5-9-19/h2-17H,1H3,(H,25,28)(H,27,29)/b17-12+,26-23?. The summed E-state index contributed by atoms with van der Waals surface area (Å²) in [5, 5.41) is 6.98. The van der Waals surface area contributed by atoms with Crippen LogP contribution in [0.3, 0.4) is 0 Å². The maximum absolute atomic E-state index is 12.5. The first-order valence-corrected chi connectivity index (χ1v) is 9.16. The van der Waals surface area contributed by atoms with Gasteiger partial charge in [0.05, 0.1) is 5.71 Å². The lowest BCUT2D eigenvalue weighted by molar-refractivity contribution is -0.114. The van der Waals surface area contributed by atoms with Crippen molar-refractivity contribution in [3.63, 3.8) is 0 Å². The smallest absolute Gasteiger partial charge is 0.271 e. The molecular formula is C24H21N3O2. The van der Waals surface area contributed by atoms with Gasteiger partial charge < -0.3 is 5.32 Å². The van der Waals surface area contributed by atoms with Crippen LogP contribution < -0.4 is 10.7 Å². The zero-order valence-electron chi connectivity index (χ0n) is 16.0. The number of nitrogens with zero attached hydrogens (tertiary/aromatic N) is 1. The first kappa shape index (κ1) is 19.8. The Morgan fingerprint density at radius 1 is 0.793 bits per heavy atom. The molecule has 29 heavy (non-hydrogen) atoms. The van der Waals surface area contributed by atoms with Crippen LogP contribution in [-0.2, 0) is 4.79 Å². The minimum Gasteiger partial charge on any atom is -0.326 e. The van der Waals surface area contributed by atoms with Gasteiger partial charge in [-0.2, -0.15) is 5.10 Å². The molecule has 2 N–H and O–H groups in total. The summed E-state index contributed by atoms with van der Waals surface area (Å²) in [7, 11) is 0. The molecule has 0 spiro atoms. The number of allylic oxidation sites excluding steroid dienone is 1. The van der Waals surface area contributed by atoms with E-state index in [9.17, 15) is 9.59 Å². The van der Waals surface area contributed by atoms with Gasteiger partial charge in [0.15, 0.2) is 0 Å². The summed E-state index contributed by atoms with van der Waals surface area (Å²) in [6, 6.07) is 26.1. The van der Waals surface area contributed by atoms with Gasteiger partial charge in [0.1, 0.15) is 0 Å². The van der Waals surface area contributed by atoms with E-state index in [0.717, 1.165) is 11.1 Å². The van der Waals surface area contributed by atoms with Crippen molar-refractivity contribution in [2.75, 3.05) is 5.32 Å². The lowest BCUT2D eigenvalue weighted by Gasteiger charge is -2.06. The van der Waals surface area contributed by atoms with E-state index in [4.69, 9.17) is 0 Å². The van der Waals surface area contributed by atoms with E-state index in [1.807, 2.05) is 72.8 Å². The highest BCUT2D eigenvalue weighted by Crippen LogP contribution is 2.10. The molecule has 0 unspecified atom stereocenters. The van der Waals surface area contributed by atoms with Crippen molar-refractivity contribution in [1.29, 1.82) is 0 Å². The Morgan fingerprint density at radius 3 is 2.03 bits per heavy atom. The van der Waals surface area contributed by atoms with Crippen molar-refractivity contribution in [3.8, 4) is 0 Å². The Balaban J connectivity index is 1.78. The first-order valence-electron chi connectivity index (χ1n) is 9.16. The predicted molar refractivity (Wildman–Crippen MR) is 117 cm³/mol. The second-order valence-corrected chi connectivity index (χ2v) is 6.31. The number of anilines is 1. The molecular weight excluding hydrogens is 362 g/mol. The summed E-state index contributed by atoms with van der Waals surface area (Å²) < 4.78 is 0. The lowest BCUT2D eigenvalue weighted by atomic mass is 10.1. The third-order valence-corrected chi connectivity index (χ3v) is 4.05. The normalized spacial score (nSPS) is 11.3. The number of nitrogens with one attached hydrogen (secondary N) is 2. The summed E-state index contributed by atoms with van der Waals surface area (Å²) in [4.78, 5) is 23.6. The Morgan fingerprint density at radius 2 is 1.41 bits per heavy atom. The maximum atomic E-state index is 12.5. The van der Waals surface area contributed by atoms with Crippen LogP contribution in [0.1, 0.15) is 28.4 Å². The molecule has 0 fully saturated rings. The largest absolute Gasteiger partial charge is 0.326 e. The van der Waals surface area contributed by atoms with Gasteiger partial charge in [0, 0.05) is 23.7 Å². The van der Waals surface area contributed by atoms with E-state index in [1.54, 1.807) is 24.3 Å². The molecule has 5 nitrogen and oxygen atoms in total. The number of carbonyl (C=O) groups is 2. The van der Waals surface area contributed by atoms with Gasteiger partial charge in [0.25, 0.3) is 5.91 Å². The van der Waals surface area contributed by atoms with Gasteiger partial charge in [-0.15, -0.1) is 0 Å². The molecule has 0 aliphatic carbocycles. The summed E-state index contributed by atoms with van der Waals surface area (Å²) in [6.45, 7) is 1.43. The van der Waals surface area contributed by atoms with E-state index >= 15 is 0 Å². The van der Waals surface area contributed by atoms with Crippen molar-refractivity contribution in [1.82, 2.24) is 5.43 Å². The first-order chi connectivity index (χ1) is 14.1. The lowest BCUT2D eigenvalue weighted by Crippen LogP contribution is -2.19. The number of hydrazone groups is 1. The highest BCUT2D eigenvalue weighted by molar-refractivity contribution is 6.11. The molecule has 0 aromatic heterocycles. The van der Waals surface area contributed by atoms with Gasteiger partial charge in [0.2, 0.25) is 5.91 Å². The maximum Gasteiger partial charge on any atom is 0.271 e. The zero-order valence-corrected chi connectivity index (χ0v) is 16.0. The molecule has 5 heteroatoms. The van der Waals surface area contributed by atoms with Crippen molar-refractivity contribution < 1.29 is 9.59 Å². The average molecular weight is 383 g/mol. The van der Waals surface area contributed by atoms with Gasteiger partial charge in [-0.25, -0.2) is 5.43 Å². The second-order valence-electron chi connectivity index (χ2n) is 6.31. The molecule has 0 saturated heterocycles. The Labute approximate surface area is 169 Å². The van der Waals surface area contributed by atoms with Gasteiger partial charge >= 0.3 is 0 Å². The van der Waals surface area contributed by atoms with Crippen molar-refractivity contribution in [2.45, 2.75) is 6.92 Å². The van der Waals surface area contributed by atoms with E-state index in [0.29, 0.717) is 17.0 Å². The summed E-state index contributed by atoms with van der Waals surface area (Å²) in [5.74, 6) is -0.495. The van der Waals surface area contributed by atoms with Crippen LogP contribution in [0.5, 0.6) is 0 Å². The summed E-state index contributed by atoms with van der Waals surface area (Å²) in [6.07, 6.45) is 3.81. The molecule has 144 valence electrons. The minimum absolute atomic E-state index is 0.162. The van der Waals surface area contributed by atoms with Crippen LogP contribution in [0.15, 0.2) is 96.1 Å². The van der Waals surface area contributed by atoms with E-state index in [-0.39, 0.29) is 11.8 Å². The van der Waals surface area contributed by atoms with E-state index in [1.165, 1.54) is 6.92 Å². The van der Waals surface area contributed by atoms with E-state index in [2.05, 4.69) is 15.8 Å². The Hall–Kier alpha value is -3.99. The minimum atomic E-state index is -0.332.